The minimum absolute atomic E-state index is 0.289. The van der Waals surface area contributed by atoms with Gasteiger partial charge < -0.3 is 35.5 Å². The molecule has 0 bridgehead atoms. The van der Waals surface area contributed by atoms with Crippen molar-refractivity contribution in [3.05, 3.63) is 75.8 Å². The molecule has 0 aliphatic carbocycles. The molecule has 0 spiro atoms. The Hall–Kier alpha value is -4.08. The van der Waals surface area contributed by atoms with Crippen LogP contribution in [0.25, 0.3) is 5.69 Å². The molecule has 5 N–H and O–H groups in total. The van der Waals surface area contributed by atoms with Crippen LogP contribution in [0.5, 0.6) is 11.6 Å². The first-order chi connectivity index (χ1) is 21.1. The van der Waals surface area contributed by atoms with Gasteiger partial charge in [-0.1, -0.05) is 36.8 Å². The van der Waals surface area contributed by atoms with E-state index in [9.17, 15) is 19.8 Å². The molecule has 11 heteroatoms. The Morgan fingerprint density at radius 2 is 1.98 bits per heavy atom. The van der Waals surface area contributed by atoms with E-state index < -0.39 is 23.5 Å². The minimum atomic E-state index is -0.675. The number of ether oxygens (including phenoxy) is 3. The number of carbonyl (C=O) groups is 1. The van der Waals surface area contributed by atoms with Crippen molar-refractivity contribution in [3.8, 4) is 29.2 Å². The summed E-state index contributed by atoms with van der Waals surface area (Å²) in [4.78, 5) is 23.7. The molecular formula is C33H42N4O7. The number of aromatic hydroxyl groups is 1. The molecule has 1 aromatic heterocycles. The molecule has 1 aliphatic heterocycles. The molecule has 0 saturated carbocycles. The molecule has 1 aliphatic rings. The van der Waals surface area contributed by atoms with E-state index in [-0.39, 0.29) is 12.4 Å². The van der Waals surface area contributed by atoms with Crippen LogP contribution in [0, 0.1) is 11.8 Å². The number of aromatic nitrogens is 2. The number of unbranched alkanes of at least 4 members (excludes halogenated alkanes) is 3. The average molecular weight is 607 g/mol. The zero-order chi connectivity index (χ0) is 31.5. The highest BCUT2D eigenvalue weighted by Gasteiger charge is 2.27. The molecule has 44 heavy (non-hydrogen) atoms. The van der Waals surface area contributed by atoms with Crippen molar-refractivity contribution in [1.29, 1.82) is 0 Å². The van der Waals surface area contributed by atoms with Gasteiger partial charge in [0, 0.05) is 44.5 Å². The van der Waals surface area contributed by atoms with Gasteiger partial charge in [0.05, 0.1) is 31.2 Å². The summed E-state index contributed by atoms with van der Waals surface area (Å²) < 4.78 is 19.4. The zero-order valence-corrected chi connectivity index (χ0v) is 25.4. The molecule has 1 amide bonds. The zero-order valence-electron chi connectivity index (χ0n) is 25.4. The van der Waals surface area contributed by atoms with Gasteiger partial charge in [-0.3, -0.25) is 9.36 Å². The number of fused-ring (bicyclic) bond motifs is 1. The maximum Gasteiger partial charge on any atom is 0.336 e. The Balaban J connectivity index is 1.06. The highest BCUT2D eigenvalue weighted by Crippen LogP contribution is 2.32. The second-order valence-corrected chi connectivity index (χ2v) is 11.2. The fourth-order valence-electron chi connectivity index (χ4n) is 4.84. The Labute approximate surface area is 257 Å². The third-order valence-corrected chi connectivity index (χ3v) is 7.10. The van der Waals surface area contributed by atoms with E-state index in [0.29, 0.717) is 44.0 Å². The molecule has 1 atom stereocenters. The lowest BCUT2D eigenvalue weighted by Gasteiger charge is -2.33. The van der Waals surface area contributed by atoms with Crippen molar-refractivity contribution in [2.75, 3.05) is 26.3 Å². The molecule has 3 aromatic rings. The fraction of sp³-hybridized carbons (Fsp3) is 0.455. The summed E-state index contributed by atoms with van der Waals surface area (Å²) in [5.41, 5.74) is 7.53. The number of aliphatic hydroxyl groups is 1. The van der Waals surface area contributed by atoms with Gasteiger partial charge in [0.25, 0.3) is 0 Å². The number of amides is 1. The lowest BCUT2D eigenvalue weighted by atomic mass is 10.0. The number of nitrogens with one attached hydrogen (secondary N) is 1. The number of benzene rings is 2. The van der Waals surface area contributed by atoms with E-state index in [1.807, 2.05) is 38.1 Å². The molecule has 0 radical (unpaired) electrons. The number of carbonyl (C=O) groups excluding carboxylic acids is 1. The van der Waals surface area contributed by atoms with Crippen molar-refractivity contribution in [1.82, 2.24) is 14.5 Å². The van der Waals surface area contributed by atoms with Gasteiger partial charge in [0.1, 0.15) is 12.3 Å². The molecule has 0 unspecified atom stereocenters. The minimum Gasteiger partial charge on any atom is -0.493 e. The summed E-state index contributed by atoms with van der Waals surface area (Å²) in [6, 6.07) is 12.7. The van der Waals surface area contributed by atoms with E-state index in [1.165, 1.54) is 6.20 Å². The number of nitrogens with two attached hydrogens (primary N) is 1. The van der Waals surface area contributed by atoms with Crippen LogP contribution in [0.3, 0.4) is 0 Å². The molecular weight excluding hydrogens is 564 g/mol. The third kappa shape index (κ3) is 9.46. The van der Waals surface area contributed by atoms with Crippen LogP contribution in [-0.4, -0.2) is 57.3 Å². The standard InChI is InChI=1S/C33H42N4O7/c1-33(2)43-23-26-19-25(13-14-29(26)44-33)28(38)20-35-15-6-3-4-7-16-42-17-8-5-10-24-11-9-12-27(18-24)37-31(40)22-36(32(37)41)21-30(34)39/h9,11-14,18-19,22,28,35,38,40H,3-4,6-8,15-17,20-21,23H2,1-2H3,(H2,34,39)/t28-/m0/s1. The summed E-state index contributed by atoms with van der Waals surface area (Å²) in [6.45, 7) is 6.46. The van der Waals surface area contributed by atoms with Crippen molar-refractivity contribution in [2.24, 2.45) is 5.73 Å². The second-order valence-electron chi connectivity index (χ2n) is 11.2. The quantitative estimate of drug-likeness (QED) is 0.152. The van der Waals surface area contributed by atoms with Crippen LogP contribution in [0.4, 0.5) is 0 Å². The number of aliphatic hydroxyl groups excluding tert-OH is 1. The normalized spacial score (nSPS) is 14.2. The van der Waals surface area contributed by atoms with Crippen molar-refractivity contribution in [2.45, 2.75) is 71.0 Å². The van der Waals surface area contributed by atoms with Gasteiger partial charge in [0.2, 0.25) is 17.6 Å². The summed E-state index contributed by atoms with van der Waals surface area (Å²) >= 11 is 0. The van der Waals surface area contributed by atoms with Gasteiger partial charge >= 0.3 is 5.69 Å². The maximum absolute atomic E-state index is 12.5. The smallest absolute Gasteiger partial charge is 0.336 e. The highest BCUT2D eigenvalue weighted by molar-refractivity contribution is 5.73. The SMILES string of the molecule is CC1(C)OCc2cc([C@@H](O)CNCCCCCCOCCC#Cc3cccc(-n4c(O)cn(CC(N)=O)c4=O)c3)ccc2O1. The molecule has 236 valence electrons. The number of hydrogen-bond acceptors (Lipinski definition) is 8. The summed E-state index contributed by atoms with van der Waals surface area (Å²) in [5, 5.41) is 24.1. The van der Waals surface area contributed by atoms with Gasteiger partial charge in [-0.2, -0.15) is 0 Å². The predicted octanol–water partition coefficient (Wildman–Crippen LogP) is 3.12. The van der Waals surface area contributed by atoms with Crippen LogP contribution in [0.2, 0.25) is 0 Å². The molecule has 2 aromatic carbocycles. The number of imidazole rings is 1. The Kier molecular flexibility index (Phi) is 11.6. The topological polar surface area (TPSA) is 150 Å². The highest BCUT2D eigenvalue weighted by atomic mass is 16.7. The van der Waals surface area contributed by atoms with Gasteiger partial charge in [-0.05, 0) is 55.3 Å². The Morgan fingerprint density at radius 3 is 2.80 bits per heavy atom. The summed E-state index contributed by atoms with van der Waals surface area (Å²) in [5.74, 6) is 5.34. The van der Waals surface area contributed by atoms with Crippen LogP contribution >= 0.6 is 0 Å². The van der Waals surface area contributed by atoms with Crippen LogP contribution in [0.15, 0.2) is 53.5 Å². The van der Waals surface area contributed by atoms with Crippen LogP contribution in [-0.2, 0) is 27.4 Å². The van der Waals surface area contributed by atoms with Crippen LogP contribution in [0.1, 0.15) is 68.7 Å². The molecule has 4 rings (SSSR count). The van der Waals surface area contributed by atoms with Gasteiger partial charge in [-0.25, -0.2) is 9.36 Å². The van der Waals surface area contributed by atoms with Crippen LogP contribution < -0.4 is 21.5 Å². The predicted molar refractivity (Wildman–Crippen MR) is 165 cm³/mol. The van der Waals surface area contributed by atoms with Gasteiger partial charge in [0.15, 0.2) is 0 Å². The van der Waals surface area contributed by atoms with E-state index in [2.05, 4.69) is 17.2 Å². The van der Waals surface area contributed by atoms with Gasteiger partial charge in [-0.15, -0.1) is 0 Å². The van der Waals surface area contributed by atoms with E-state index >= 15 is 0 Å². The lowest BCUT2D eigenvalue weighted by molar-refractivity contribution is -0.180. The third-order valence-electron chi connectivity index (χ3n) is 7.10. The monoisotopic (exact) mass is 606 g/mol. The van der Waals surface area contributed by atoms with E-state index in [0.717, 1.165) is 58.2 Å². The number of hydrogen-bond donors (Lipinski definition) is 4. The lowest BCUT2D eigenvalue weighted by Crippen LogP contribution is -2.35. The molecule has 11 nitrogen and oxygen atoms in total. The Morgan fingerprint density at radius 1 is 1.16 bits per heavy atom. The second kappa shape index (κ2) is 15.6. The van der Waals surface area contributed by atoms with E-state index in [1.54, 1.807) is 18.2 Å². The molecule has 0 saturated heterocycles. The Bertz CT molecular complexity index is 1530. The first kappa shape index (κ1) is 32.8. The van der Waals surface area contributed by atoms with Crippen molar-refractivity contribution in [3.63, 3.8) is 0 Å². The number of rotatable bonds is 15. The summed E-state index contributed by atoms with van der Waals surface area (Å²) in [7, 11) is 0. The molecule has 2 heterocycles. The van der Waals surface area contributed by atoms with Crippen molar-refractivity contribution < 1.29 is 29.2 Å². The largest absolute Gasteiger partial charge is 0.493 e. The average Bonchev–Trinajstić information content (AvgIpc) is 3.26. The molecule has 0 fully saturated rings. The fourth-order valence-corrected chi connectivity index (χ4v) is 4.84. The number of primary amides is 1. The number of nitrogens with zero attached hydrogens (tertiary/aromatic N) is 2. The first-order valence-electron chi connectivity index (χ1n) is 14.9. The van der Waals surface area contributed by atoms with E-state index in [4.69, 9.17) is 19.9 Å². The maximum atomic E-state index is 12.5. The van der Waals surface area contributed by atoms with Crippen molar-refractivity contribution >= 4 is 5.91 Å². The summed E-state index contributed by atoms with van der Waals surface area (Å²) in [6.07, 6.45) is 5.30. The first-order valence-corrected chi connectivity index (χ1v) is 14.9.